The number of phenolic OH excluding ortho intramolecular Hbond substituents is 1. The zero-order valence-corrected chi connectivity index (χ0v) is 18.7. The lowest BCUT2D eigenvalue weighted by Crippen LogP contribution is -2.44. The van der Waals surface area contributed by atoms with Crippen molar-refractivity contribution in [2.24, 2.45) is 0 Å². The third-order valence-electron chi connectivity index (χ3n) is 5.37. The highest BCUT2D eigenvalue weighted by atomic mass is 16.6. The molecule has 15 heteroatoms. The van der Waals surface area contributed by atoms with E-state index >= 15 is 0 Å². The topological polar surface area (TPSA) is 208 Å². The van der Waals surface area contributed by atoms with E-state index in [9.17, 15) is 35.1 Å². The molecule has 1 aromatic carbocycles. The van der Waals surface area contributed by atoms with Gasteiger partial charge in [0.2, 0.25) is 11.8 Å². The fourth-order valence-corrected chi connectivity index (χ4v) is 3.19. The number of aromatic hydroxyl groups is 1. The summed E-state index contributed by atoms with van der Waals surface area (Å²) in [6.07, 6.45) is 3.63. The Labute approximate surface area is 192 Å². The fourth-order valence-electron chi connectivity index (χ4n) is 3.19. The lowest BCUT2D eigenvalue weighted by atomic mass is 10.1. The molecule has 0 spiro atoms. The van der Waals surface area contributed by atoms with Crippen LogP contribution < -0.4 is 5.32 Å². The summed E-state index contributed by atoms with van der Waals surface area (Å²) >= 11 is 0. The van der Waals surface area contributed by atoms with Crippen LogP contribution in [0.5, 0.6) is 5.75 Å². The van der Waals surface area contributed by atoms with Gasteiger partial charge in [0.15, 0.2) is 0 Å². The maximum atomic E-state index is 12.1. The van der Waals surface area contributed by atoms with Gasteiger partial charge in [-0.05, 0) is 46.7 Å². The summed E-state index contributed by atoms with van der Waals surface area (Å²) in [6.45, 7) is 7.71. The van der Waals surface area contributed by atoms with E-state index in [1.807, 2.05) is 20.8 Å². The Morgan fingerprint density at radius 3 is 2.00 bits per heavy atom. The minimum Gasteiger partial charge on any atom is -0.497 e. The van der Waals surface area contributed by atoms with E-state index in [1.165, 1.54) is 19.3 Å². The second kappa shape index (κ2) is 11.1. The Hall–Kier alpha value is -4.14. The Morgan fingerprint density at radius 1 is 1.06 bits per heavy atom. The third-order valence-corrected chi connectivity index (χ3v) is 5.37. The summed E-state index contributed by atoms with van der Waals surface area (Å²) < 4.78 is 5.10. The van der Waals surface area contributed by atoms with E-state index < -0.39 is 37.6 Å². The fraction of sp³-hybridized carbons (Fsp3) is 0.474. The number of anilines is 1. The number of nitro benzene ring substituents is 3. The van der Waals surface area contributed by atoms with Gasteiger partial charge in [0.1, 0.15) is 0 Å². The van der Waals surface area contributed by atoms with Crippen molar-refractivity contribution in [1.82, 2.24) is 10.1 Å². The van der Waals surface area contributed by atoms with Crippen LogP contribution in [0.3, 0.4) is 0 Å². The first-order valence-electron chi connectivity index (χ1n) is 10.2. The second-order valence-corrected chi connectivity index (χ2v) is 7.59. The van der Waals surface area contributed by atoms with Gasteiger partial charge in [0.25, 0.3) is 11.4 Å². The first-order chi connectivity index (χ1) is 15.9. The van der Waals surface area contributed by atoms with Gasteiger partial charge in [-0.3, -0.25) is 45.4 Å². The smallest absolute Gasteiger partial charge is 0.324 e. The van der Waals surface area contributed by atoms with Gasteiger partial charge < -0.3 is 9.63 Å². The standard InChI is InChI=1S/C13H21N3O2.C6H3N3O7/c1-9-10(2)15-18-13(9)14-12(17)11(3)16-7-5-4-6-8-16;10-6-4(8(13)14)1-3(7(11)12)2-5(6)9(15)16/h11H,4-8H2,1-3H3,(H,14,17);1-2,10H. The number of amides is 1. The number of carbonyl (C=O) groups excluding carboxylic acids is 1. The molecule has 1 aliphatic rings. The van der Waals surface area contributed by atoms with Crippen LogP contribution in [0.1, 0.15) is 37.4 Å². The Balaban J connectivity index is 0.000000242. The number of likely N-dealkylation sites (tertiary alicyclic amines) is 1. The molecule has 2 heterocycles. The van der Waals surface area contributed by atoms with Crippen molar-refractivity contribution in [3.05, 3.63) is 53.7 Å². The van der Waals surface area contributed by atoms with Gasteiger partial charge >= 0.3 is 11.4 Å². The number of piperidine rings is 1. The minimum absolute atomic E-state index is 0.0175. The molecular formula is C19H24N6O9. The predicted molar refractivity (Wildman–Crippen MR) is 118 cm³/mol. The molecule has 15 nitrogen and oxygen atoms in total. The molecule has 3 rings (SSSR count). The Kier molecular flexibility index (Phi) is 8.55. The van der Waals surface area contributed by atoms with Crippen molar-refractivity contribution in [2.45, 2.75) is 46.1 Å². The molecule has 0 radical (unpaired) electrons. The van der Waals surface area contributed by atoms with Crippen molar-refractivity contribution >= 4 is 28.9 Å². The lowest BCUT2D eigenvalue weighted by Gasteiger charge is -2.31. The molecule has 1 aromatic heterocycles. The largest absolute Gasteiger partial charge is 0.497 e. The molecule has 34 heavy (non-hydrogen) atoms. The minimum atomic E-state index is -1.21. The average molecular weight is 480 g/mol. The number of aromatic nitrogens is 1. The molecule has 2 aromatic rings. The molecule has 1 unspecified atom stereocenters. The number of nitrogens with one attached hydrogen (secondary N) is 1. The van der Waals surface area contributed by atoms with Crippen molar-refractivity contribution in [1.29, 1.82) is 0 Å². The number of rotatable bonds is 6. The van der Waals surface area contributed by atoms with Crippen molar-refractivity contribution in [3.8, 4) is 5.75 Å². The molecule has 1 aliphatic heterocycles. The Morgan fingerprint density at radius 2 is 1.59 bits per heavy atom. The molecule has 1 saturated heterocycles. The third kappa shape index (κ3) is 6.22. The first-order valence-corrected chi connectivity index (χ1v) is 10.2. The van der Waals surface area contributed by atoms with Crippen molar-refractivity contribution < 1.29 is 29.2 Å². The number of carbonyl (C=O) groups is 1. The van der Waals surface area contributed by atoms with Crippen LogP contribution in [0.2, 0.25) is 0 Å². The number of nitrogens with zero attached hydrogens (tertiary/aromatic N) is 5. The van der Waals surface area contributed by atoms with Crippen molar-refractivity contribution in [2.75, 3.05) is 18.4 Å². The van der Waals surface area contributed by atoms with Gasteiger partial charge in [-0.2, -0.15) is 0 Å². The van der Waals surface area contributed by atoms with E-state index in [-0.39, 0.29) is 11.9 Å². The van der Waals surface area contributed by atoms with Gasteiger partial charge in [0.05, 0.1) is 38.6 Å². The van der Waals surface area contributed by atoms with Gasteiger partial charge in [0, 0.05) is 5.56 Å². The molecule has 184 valence electrons. The summed E-state index contributed by atoms with van der Waals surface area (Å²) in [7, 11) is 0. The summed E-state index contributed by atoms with van der Waals surface area (Å²) in [5.74, 6) is -0.752. The van der Waals surface area contributed by atoms with E-state index in [2.05, 4.69) is 15.4 Å². The molecule has 2 N–H and O–H groups in total. The maximum Gasteiger partial charge on any atom is 0.324 e. The van der Waals surface area contributed by atoms with E-state index in [1.54, 1.807) is 0 Å². The number of benzene rings is 1. The average Bonchev–Trinajstić information content (AvgIpc) is 3.11. The van der Waals surface area contributed by atoms with Crippen LogP contribution in [0.25, 0.3) is 0 Å². The van der Waals surface area contributed by atoms with Crippen LogP contribution in [0.4, 0.5) is 22.9 Å². The number of phenols is 1. The van der Waals surface area contributed by atoms with Crippen LogP contribution >= 0.6 is 0 Å². The van der Waals surface area contributed by atoms with Crippen LogP contribution in [-0.4, -0.2) is 55.0 Å². The Bertz CT molecular complexity index is 1060. The molecule has 0 aliphatic carbocycles. The maximum absolute atomic E-state index is 12.1. The molecule has 1 atom stereocenters. The van der Waals surface area contributed by atoms with E-state index in [4.69, 9.17) is 9.63 Å². The summed E-state index contributed by atoms with van der Waals surface area (Å²) in [5.41, 5.74) is -1.29. The van der Waals surface area contributed by atoms with Gasteiger partial charge in [-0.25, -0.2) is 0 Å². The quantitative estimate of drug-likeness (QED) is 0.453. The van der Waals surface area contributed by atoms with Gasteiger partial charge in [-0.1, -0.05) is 11.6 Å². The highest BCUT2D eigenvalue weighted by Crippen LogP contribution is 2.38. The monoisotopic (exact) mass is 480 g/mol. The van der Waals surface area contributed by atoms with Crippen LogP contribution in [0, 0.1) is 44.2 Å². The first kappa shape index (κ1) is 26.1. The number of nitro groups is 3. The molecule has 1 amide bonds. The summed E-state index contributed by atoms with van der Waals surface area (Å²) in [5, 5.41) is 46.9. The predicted octanol–water partition coefficient (Wildman–Crippen LogP) is 3.22. The second-order valence-electron chi connectivity index (χ2n) is 7.59. The number of hydrogen-bond acceptors (Lipinski definition) is 11. The summed E-state index contributed by atoms with van der Waals surface area (Å²) in [4.78, 5) is 42.1. The number of non-ortho nitro benzene ring substituents is 1. The zero-order chi connectivity index (χ0) is 25.6. The molecule has 0 bridgehead atoms. The lowest BCUT2D eigenvalue weighted by molar-refractivity contribution is -0.404. The number of hydrogen-bond donors (Lipinski definition) is 2. The SMILES string of the molecule is Cc1noc(NC(=O)C(C)N2CCCCC2)c1C.O=[N+]([O-])c1cc([N+](=O)[O-])c(O)c([N+](=O)[O-])c1. The molecule has 1 fully saturated rings. The van der Waals surface area contributed by atoms with Crippen molar-refractivity contribution in [3.63, 3.8) is 0 Å². The normalized spacial score (nSPS) is 14.4. The zero-order valence-electron chi connectivity index (χ0n) is 18.7. The van der Waals surface area contributed by atoms with Crippen LogP contribution in [0.15, 0.2) is 16.7 Å². The number of aryl methyl sites for hydroxylation is 1. The van der Waals surface area contributed by atoms with Crippen LogP contribution in [-0.2, 0) is 4.79 Å². The highest BCUT2D eigenvalue weighted by Gasteiger charge is 2.30. The summed E-state index contributed by atoms with van der Waals surface area (Å²) in [6, 6.07) is 0.778. The van der Waals surface area contributed by atoms with E-state index in [0.29, 0.717) is 18.0 Å². The van der Waals surface area contributed by atoms with E-state index in [0.717, 1.165) is 24.3 Å². The highest BCUT2D eigenvalue weighted by molar-refractivity contribution is 5.94. The molecular weight excluding hydrogens is 456 g/mol. The molecule has 0 saturated carbocycles. The van der Waals surface area contributed by atoms with Gasteiger partial charge in [-0.15, -0.1) is 0 Å².